The molecule has 144 valence electrons. The number of alkyl halides is 3. The Balaban J connectivity index is 1.51. The van der Waals surface area contributed by atoms with Crippen molar-refractivity contribution in [1.29, 1.82) is 0 Å². The van der Waals surface area contributed by atoms with Gasteiger partial charge in [0, 0.05) is 0 Å². The van der Waals surface area contributed by atoms with Gasteiger partial charge in [0.1, 0.15) is 11.9 Å². The first kappa shape index (κ1) is 18.3. The van der Waals surface area contributed by atoms with Gasteiger partial charge in [0.15, 0.2) is 0 Å². The van der Waals surface area contributed by atoms with E-state index in [2.05, 4.69) is 4.98 Å². The number of imidazole rings is 1. The average Bonchev–Trinajstić information content (AvgIpc) is 3.35. The zero-order valence-corrected chi connectivity index (χ0v) is 14.8. The molecule has 0 bridgehead atoms. The van der Waals surface area contributed by atoms with E-state index in [1.807, 2.05) is 34.9 Å². The Morgan fingerprint density at radius 2 is 1.79 bits per heavy atom. The number of benzene rings is 2. The molecular weight excluding hydrogens is 369 g/mol. The lowest BCUT2D eigenvalue weighted by Gasteiger charge is -2.17. The van der Waals surface area contributed by atoms with Crippen LogP contribution < -0.4 is 0 Å². The standard InChI is InChI=1S/C21H17F3N2O2/c22-21(23,24)16-9-7-15(8-10-16)13-28-20(19-6-3-11-27-19)12-26-14-25-17-4-1-2-5-18(17)26/h1-11,14,20H,12-13H2. The van der Waals surface area contributed by atoms with Crippen LogP contribution in [0.3, 0.4) is 0 Å². The third-order valence-electron chi connectivity index (χ3n) is 4.48. The van der Waals surface area contributed by atoms with Gasteiger partial charge in [0.25, 0.3) is 0 Å². The van der Waals surface area contributed by atoms with Gasteiger partial charge in [0.05, 0.1) is 42.3 Å². The first-order chi connectivity index (χ1) is 13.5. The van der Waals surface area contributed by atoms with E-state index in [4.69, 9.17) is 9.15 Å². The Kier molecular flexibility index (Phi) is 4.92. The monoisotopic (exact) mass is 386 g/mol. The van der Waals surface area contributed by atoms with E-state index in [0.29, 0.717) is 17.9 Å². The van der Waals surface area contributed by atoms with Crippen molar-refractivity contribution in [2.24, 2.45) is 0 Å². The smallest absolute Gasteiger partial charge is 0.416 e. The van der Waals surface area contributed by atoms with Crippen LogP contribution in [0.5, 0.6) is 0 Å². The summed E-state index contributed by atoms with van der Waals surface area (Å²) in [6.07, 6.45) is -1.45. The van der Waals surface area contributed by atoms with E-state index in [0.717, 1.165) is 23.2 Å². The van der Waals surface area contributed by atoms with Crippen molar-refractivity contribution >= 4 is 11.0 Å². The largest absolute Gasteiger partial charge is 0.467 e. The third kappa shape index (κ3) is 3.94. The molecule has 7 heteroatoms. The predicted octanol–water partition coefficient (Wildman–Crippen LogP) is 5.61. The number of hydrogen-bond acceptors (Lipinski definition) is 3. The van der Waals surface area contributed by atoms with Gasteiger partial charge in [-0.2, -0.15) is 13.2 Å². The molecule has 0 saturated heterocycles. The molecule has 4 aromatic rings. The summed E-state index contributed by atoms with van der Waals surface area (Å²) in [6, 6.07) is 16.3. The van der Waals surface area contributed by atoms with Crippen LogP contribution in [0, 0.1) is 0 Å². The summed E-state index contributed by atoms with van der Waals surface area (Å²) >= 11 is 0. The van der Waals surface area contributed by atoms with E-state index in [-0.39, 0.29) is 6.61 Å². The lowest BCUT2D eigenvalue weighted by atomic mass is 10.1. The maximum absolute atomic E-state index is 12.7. The molecule has 2 aromatic carbocycles. The van der Waals surface area contributed by atoms with Crippen LogP contribution in [0.4, 0.5) is 13.2 Å². The van der Waals surface area contributed by atoms with Crippen LogP contribution in [0.2, 0.25) is 0 Å². The van der Waals surface area contributed by atoms with Gasteiger partial charge in [-0.15, -0.1) is 0 Å². The molecule has 0 N–H and O–H groups in total. The normalized spacial score (nSPS) is 13.1. The molecular formula is C21H17F3N2O2. The number of para-hydroxylation sites is 2. The molecule has 0 spiro atoms. The summed E-state index contributed by atoms with van der Waals surface area (Å²) < 4.78 is 51.6. The summed E-state index contributed by atoms with van der Waals surface area (Å²) in [5.41, 5.74) is 1.82. The molecule has 1 atom stereocenters. The van der Waals surface area contributed by atoms with Crippen LogP contribution in [0.15, 0.2) is 77.7 Å². The number of halogens is 3. The average molecular weight is 386 g/mol. The Labute approximate surface area is 159 Å². The fourth-order valence-corrected chi connectivity index (χ4v) is 3.02. The molecule has 0 aliphatic heterocycles. The van der Waals surface area contributed by atoms with Crippen molar-refractivity contribution in [3.63, 3.8) is 0 Å². The molecule has 0 aliphatic carbocycles. The van der Waals surface area contributed by atoms with Crippen molar-refractivity contribution < 1.29 is 22.3 Å². The highest BCUT2D eigenvalue weighted by Crippen LogP contribution is 2.30. The van der Waals surface area contributed by atoms with E-state index >= 15 is 0 Å². The van der Waals surface area contributed by atoms with Crippen molar-refractivity contribution in [2.45, 2.75) is 25.4 Å². The van der Waals surface area contributed by atoms with E-state index in [1.165, 1.54) is 12.1 Å². The fourth-order valence-electron chi connectivity index (χ4n) is 3.02. The minimum Gasteiger partial charge on any atom is -0.467 e. The SMILES string of the molecule is FC(F)(F)c1ccc(COC(Cn2cnc3ccccc32)c2ccco2)cc1. The van der Waals surface area contributed by atoms with Gasteiger partial charge in [-0.3, -0.25) is 0 Å². The first-order valence-electron chi connectivity index (χ1n) is 8.72. The number of hydrogen-bond donors (Lipinski definition) is 0. The molecule has 0 fully saturated rings. The first-order valence-corrected chi connectivity index (χ1v) is 8.72. The number of aromatic nitrogens is 2. The van der Waals surface area contributed by atoms with Crippen molar-refractivity contribution in [3.05, 3.63) is 90.1 Å². The Morgan fingerprint density at radius 1 is 1.00 bits per heavy atom. The maximum Gasteiger partial charge on any atom is 0.416 e. The molecule has 2 aromatic heterocycles. The molecule has 0 aliphatic rings. The lowest BCUT2D eigenvalue weighted by molar-refractivity contribution is -0.137. The predicted molar refractivity (Wildman–Crippen MR) is 97.4 cm³/mol. The van der Waals surface area contributed by atoms with Crippen LogP contribution in [-0.2, 0) is 24.1 Å². The second-order valence-electron chi connectivity index (χ2n) is 6.40. The van der Waals surface area contributed by atoms with Crippen molar-refractivity contribution in [1.82, 2.24) is 9.55 Å². The summed E-state index contributed by atoms with van der Waals surface area (Å²) in [5.74, 6) is 0.643. The van der Waals surface area contributed by atoms with Gasteiger partial charge < -0.3 is 13.7 Å². The second-order valence-corrected chi connectivity index (χ2v) is 6.40. The van der Waals surface area contributed by atoms with Crippen LogP contribution in [0.25, 0.3) is 11.0 Å². The number of rotatable bonds is 6. The fraction of sp³-hybridized carbons (Fsp3) is 0.190. The topological polar surface area (TPSA) is 40.2 Å². The third-order valence-corrected chi connectivity index (χ3v) is 4.48. The molecule has 1 unspecified atom stereocenters. The zero-order chi connectivity index (χ0) is 19.6. The van der Waals surface area contributed by atoms with Crippen LogP contribution in [-0.4, -0.2) is 9.55 Å². The Hall–Kier alpha value is -3.06. The molecule has 0 amide bonds. The van der Waals surface area contributed by atoms with Gasteiger partial charge >= 0.3 is 6.18 Å². The molecule has 4 rings (SSSR count). The number of nitrogens with zero attached hydrogens (tertiary/aromatic N) is 2. The number of furan rings is 1. The van der Waals surface area contributed by atoms with Crippen LogP contribution >= 0.6 is 0 Å². The Morgan fingerprint density at radius 3 is 2.50 bits per heavy atom. The van der Waals surface area contributed by atoms with Gasteiger partial charge in [-0.25, -0.2) is 4.98 Å². The molecule has 0 saturated carbocycles. The highest BCUT2D eigenvalue weighted by molar-refractivity contribution is 5.74. The summed E-state index contributed by atoms with van der Waals surface area (Å²) in [7, 11) is 0. The number of fused-ring (bicyclic) bond motifs is 1. The highest BCUT2D eigenvalue weighted by Gasteiger charge is 2.30. The molecule has 28 heavy (non-hydrogen) atoms. The van der Waals surface area contributed by atoms with Gasteiger partial charge in [-0.05, 0) is 42.0 Å². The summed E-state index contributed by atoms with van der Waals surface area (Å²) in [4.78, 5) is 4.37. The van der Waals surface area contributed by atoms with E-state index in [9.17, 15) is 13.2 Å². The number of ether oxygens (including phenoxy) is 1. The Bertz CT molecular complexity index is 1040. The molecule has 0 radical (unpaired) electrons. The minimum absolute atomic E-state index is 0.163. The van der Waals surface area contributed by atoms with Crippen LogP contribution in [0.1, 0.15) is 23.0 Å². The van der Waals surface area contributed by atoms with E-state index < -0.39 is 17.8 Å². The van der Waals surface area contributed by atoms with Gasteiger partial charge in [-0.1, -0.05) is 24.3 Å². The summed E-state index contributed by atoms with van der Waals surface area (Å²) in [5, 5.41) is 0. The van der Waals surface area contributed by atoms with Crippen molar-refractivity contribution in [3.8, 4) is 0 Å². The lowest BCUT2D eigenvalue weighted by Crippen LogP contribution is -2.12. The molecule has 4 nitrogen and oxygen atoms in total. The quantitative estimate of drug-likeness (QED) is 0.433. The second kappa shape index (κ2) is 7.52. The van der Waals surface area contributed by atoms with E-state index in [1.54, 1.807) is 18.7 Å². The van der Waals surface area contributed by atoms with Crippen molar-refractivity contribution in [2.75, 3.05) is 0 Å². The minimum atomic E-state index is -4.35. The highest BCUT2D eigenvalue weighted by atomic mass is 19.4. The zero-order valence-electron chi connectivity index (χ0n) is 14.8. The molecule has 2 heterocycles. The maximum atomic E-state index is 12.7. The van der Waals surface area contributed by atoms with Gasteiger partial charge in [0.2, 0.25) is 0 Å². The summed E-state index contributed by atoms with van der Waals surface area (Å²) in [6.45, 7) is 0.630.